The molecule has 0 atom stereocenters. The number of ether oxygens (including phenoxy) is 1. The van der Waals surface area contributed by atoms with Crippen LogP contribution in [0.25, 0.3) is 10.2 Å². The third-order valence-corrected chi connectivity index (χ3v) is 7.18. The van der Waals surface area contributed by atoms with Crippen LogP contribution in [0.4, 0.5) is 0 Å². The van der Waals surface area contributed by atoms with Crippen molar-refractivity contribution in [2.45, 2.75) is 71.9 Å². The maximum absolute atomic E-state index is 6.32. The Bertz CT molecular complexity index is 734. The van der Waals surface area contributed by atoms with Crippen LogP contribution in [0.5, 0.6) is 5.75 Å². The molecule has 4 rings (SSSR count). The molecule has 2 aliphatic rings. The maximum atomic E-state index is 6.32. The van der Waals surface area contributed by atoms with Gasteiger partial charge in [0.2, 0.25) is 0 Å². The first kappa shape index (κ1) is 18.2. The summed E-state index contributed by atoms with van der Waals surface area (Å²) in [7, 11) is 0. The monoisotopic (exact) mass is 372 g/mol. The van der Waals surface area contributed by atoms with Gasteiger partial charge < -0.3 is 4.74 Å². The highest BCUT2D eigenvalue weighted by atomic mass is 32.1. The van der Waals surface area contributed by atoms with Gasteiger partial charge in [-0.2, -0.15) is 0 Å². The molecule has 26 heavy (non-hydrogen) atoms. The summed E-state index contributed by atoms with van der Waals surface area (Å²) < 4.78 is 7.60. The smallest absolute Gasteiger partial charge is 0.121 e. The molecule has 1 aromatic carbocycles. The van der Waals surface area contributed by atoms with Gasteiger partial charge in [0.15, 0.2) is 0 Å². The van der Waals surface area contributed by atoms with Crippen molar-refractivity contribution in [1.82, 2.24) is 9.88 Å². The molecule has 0 unspecified atom stereocenters. The number of rotatable bonds is 4. The maximum Gasteiger partial charge on any atom is 0.121 e. The first-order valence-corrected chi connectivity index (χ1v) is 11.1. The first-order valence-electron chi connectivity index (χ1n) is 10.3. The third kappa shape index (κ3) is 4.23. The molecule has 1 saturated carbocycles. The lowest BCUT2D eigenvalue weighted by molar-refractivity contribution is 0.0883. The molecule has 1 aliphatic carbocycles. The molecule has 0 spiro atoms. The number of aromatic nitrogens is 1. The molecule has 1 aliphatic heterocycles. The quantitative estimate of drug-likeness (QED) is 0.670. The van der Waals surface area contributed by atoms with E-state index in [9.17, 15) is 0 Å². The van der Waals surface area contributed by atoms with Crippen LogP contribution in [0.15, 0.2) is 18.2 Å². The van der Waals surface area contributed by atoms with E-state index in [2.05, 4.69) is 43.9 Å². The lowest BCUT2D eigenvalue weighted by atomic mass is 9.72. The van der Waals surface area contributed by atoms with Crippen molar-refractivity contribution in [2.24, 2.45) is 11.3 Å². The number of likely N-dealkylation sites (tertiary alicyclic amines) is 1. The van der Waals surface area contributed by atoms with Crippen LogP contribution >= 0.6 is 11.3 Å². The lowest BCUT2D eigenvalue weighted by Crippen LogP contribution is -2.30. The molecular weight excluding hydrogens is 340 g/mol. The Morgan fingerprint density at radius 3 is 2.54 bits per heavy atom. The van der Waals surface area contributed by atoms with Gasteiger partial charge in [-0.1, -0.05) is 20.8 Å². The Kier molecular flexibility index (Phi) is 5.24. The summed E-state index contributed by atoms with van der Waals surface area (Å²) in [5, 5.41) is 1.24. The van der Waals surface area contributed by atoms with Crippen LogP contribution in [0, 0.1) is 11.3 Å². The highest BCUT2D eigenvalue weighted by Crippen LogP contribution is 2.39. The number of hydrogen-bond donors (Lipinski definition) is 0. The summed E-state index contributed by atoms with van der Waals surface area (Å²) in [6.45, 7) is 10.6. The molecular formula is C22H32N2OS. The number of thiazole rings is 1. The van der Waals surface area contributed by atoms with Gasteiger partial charge in [0.25, 0.3) is 0 Å². The minimum absolute atomic E-state index is 0.369. The Hall–Kier alpha value is -1.13. The lowest BCUT2D eigenvalue weighted by Gasteiger charge is -2.36. The van der Waals surface area contributed by atoms with E-state index in [4.69, 9.17) is 9.72 Å². The van der Waals surface area contributed by atoms with Crippen molar-refractivity contribution in [1.29, 1.82) is 0 Å². The summed E-state index contributed by atoms with van der Waals surface area (Å²) in [5.74, 6) is 1.83. The van der Waals surface area contributed by atoms with Crippen LogP contribution in [-0.4, -0.2) is 29.1 Å². The fourth-order valence-corrected chi connectivity index (χ4v) is 5.46. The molecule has 142 valence electrons. The normalized spacial score (nSPS) is 25.0. The van der Waals surface area contributed by atoms with Gasteiger partial charge >= 0.3 is 0 Å². The number of fused-ring (bicyclic) bond motifs is 1. The third-order valence-electron chi connectivity index (χ3n) is 6.16. The number of hydrogen-bond acceptors (Lipinski definition) is 4. The largest absolute Gasteiger partial charge is 0.490 e. The van der Waals surface area contributed by atoms with Crippen LogP contribution in [0.2, 0.25) is 0 Å². The molecule has 0 radical (unpaired) electrons. The Morgan fingerprint density at radius 2 is 1.85 bits per heavy atom. The molecule has 0 N–H and O–H groups in total. The van der Waals surface area contributed by atoms with Gasteiger partial charge in [0.1, 0.15) is 10.8 Å². The van der Waals surface area contributed by atoms with Crippen molar-refractivity contribution in [3.63, 3.8) is 0 Å². The average molecular weight is 373 g/mol. The van der Waals surface area contributed by atoms with Crippen molar-refractivity contribution < 1.29 is 4.74 Å². The molecule has 3 nitrogen and oxygen atoms in total. The van der Waals surface area contributed by atoms with Gasteiger partial charge in [-0.05, 0) is 75.1 Å². The number of benzene rings is 1. The molecule has 2 fully saturated rings. The second-order valence-electron chi connectivity index (χ2n) is 9.18. The van der Waals surface area contributed by atoms with E-state index in [0.717, 1.165) is 23.7 Å². The summed E-state index contributed by atoms with van der Waals surface area (Å²) in [4.78, 5) is 7.39. The van der Waals surface area contributed by atoms with Crippen molar-refractivity contribution >= 4 is 21.6 Å². The molecule has 0 bridgehead atoms. The van der Waals surface area contributed by atoms with Crippen molar-refractivity contribution in [2.75, 3.05) is 13.1 Å². The van der Waals surface area contributed by atoms with Crippen molar-refractivity contribution in [3.05, 3.63) is 23.2 Å². The fraction of sp³-hybridized carbons (Fsp3) is 0.682. The summed E-state index contributed by atoms with van der Waals surface area (Å²) in [5.41, 5.74) is 1.53. The molecule has 0 amide bonds. The predicted molar refractivity (Wildman–Crippen MR) is 110 cm³/mol. The molecule has 2 aromatic rings. The fourth-order valence-electron chi connectivity index (χ4n) is 4.47. The van der Waals surface area contributed by atoms with E-state index in [1.165, 1.54) is 61.3 Å². The topological polar surface area (TPSA) is 25.4 Å². The second kappa shape index (κ2) is 7.47. The predicted octanol–water partition coefficient (Wildman–Crippen LogP) is 5.88. The average Bonchev–Trinajstić information content (AvgIpc) is 3.23. The molecule has 1 aromatic heterocycles. The summed E-state index contributed by atoms with van der Waals surface area (Å²) >= 11 is 1.83. The zero-order chi connectivity index (χ0) is 18.1. The van der Waals surface area contributed by atoms with E-state index in [1.54, 1.807) is 0 Å². The zero-order valence-electron chi connectivity index (χ0n) is 16.5. The Balaban J connectivity index is 1.38. The Labute approximate surface area is 161 Å². The van der Waals surface area contributed by atoms with Crippen LogP contribution < -0.4 is 4.74 Å². The van der Waals surface area contributed by atoms with Crippen LogP contribution in [0.3, 0.4) is 0 Å². The van der Waals surface area contributed by atoms with E-state index in [0.29, 0.717) is 11.5 Å². The van der Waals surface area contributed by atoms with Gasteiger partial charge in [-0.15, -0.1) is 11.3 Å². The van der Waals surface area contributed by atoms with E-state index in [-0.39, 0.29) is 0 Å². The minimum atomic E-state index is 0.369. The van der Waals surface area contributed by atoms with Gasteiger partial charge in [0, 0.05) is 6.07 Å². The van der Waals surface area contributed by atoms with Crippen molar-refractivity contribution in [3.8, 4) is 5.75 Å². The SMILES string of the molecule is CC(C)(C)[C@H]1CC[C@H](Oc2ccc3sc(CN4CCCC4)nc3c2)CC1. The molecule has 2 heterocycles. The highest BCUT2D eigenvalue weighted by Gasteiger charge is 2.30. The highest BCUT2D eigenvalue weighted by molar-refractivity contribution is 7.18. The molecule has 4 heteroatoms. The first-order chi connectivity index (χ1) is 12.5. The van der Waals surface area contributed by atoms with E-state index in [1.807, 2.05) is 11.3 Å². The zero-order valence-corrected chi connectivity index (χ0v) is 17.3. The minimum Gasteiger partial charge on any atom is -0.490 e. The van der Waals surface area contributed by atoms with E-state index >= 15 is 0 Å². The number of nitrogens with zero attached hydrogens (tertiary/aromatic N) is 2. The standard InChI is InChI=1S/C22H32N2OS/c1-22(2,3)16-6-8-17(9-7-16)25-18-10-11-20-19(14-18)23-21(26-20)15-24-12-4-5-13-24/h10-11,14,16-17H,4-9,12-13,15H2,1-3H3/t16-,17-. The van der Waals surface area contributed by atoms with E-state index < -0.39 is 0 Å². The summed E-state index contributed by atoms with van der Waals surface area (Å²) in [6, 6.07) is 6.47. The molecule has 1 saturated heterocycles. The van der Waals surface area contributed by atoms with Crippen LogP contribution in [0.1, 0.15) is 64.3 Å². The Morgan fingerprint density at radius 1 is 1.12 bits per heavy atom. The second-order valence-corrected chi connectivity index (χ2v) is 10.3. The van der Waals surface area contributed by atoms with Crippen LogP contribution in [-0.2, 0) is 6.54 Å². The van der Waals surface area contributed by atoms with Gasteiger partial charge in [-0.3, -0.25) is 4.90 Å². The van der Waals surface area contributed by atoms with Gasteiger partial charge in [-0.25, -0.2) is 4.98 Å². The summed E-state index contributed by atoms with van der Waals surface area (Å²) in [6.07, 6.45) is 7.96. The van der Waals surface area contributed by atoms with Gasteiger partial charge in [0.05, 0.1) is 22.9 Å².